The number of rotatable bonds is 9. The zero-order chi connectivity index (χ0) is 18.1. The van der Waals surface area contributed by atoms with Gasteiger partial charge in [-0.25, -0.2) is 4.79 Å². The number of nitro benzene ring substituents is 1. The second kappa shape index (κ2) is 9.33. The number of ether oxygens (including phenoxy) is 3. The smallest absolute Gasteiger partial charge is 0.347 e. The molecule has 0 aliphatic rings. The molecule has 9 nitrogen and oxygen atoms in total. The Bertz CT molecular complexity index is 603. The van der Waals surface area contributed by atoms with E-state index < -0.39 is 23.0 Å². The van der Waals surface area contributed by atoms with Crippen LogP contribution in [0.5, 0.6) is 5.75 Å². The van der Waals surface area contributed by atoms with Gasteiger partial charge in [0.25, 0.3) is 5.69 Å². The van der Waals surface area contributed by atoms with Crippen LogP contribution in [0, 0.1) is 10.1 Å². The van der Waals surface area contributed by atoms with Crippen molar-refractivity contribution in [3.63, 3.8) is 0 Å². The molecule has 0 bridgehead atoms. The van der Waals surface area contributed by atoms with Crippen molar-refractivity contribution in [3.05, 3.63) is 28.3 Å². The minimum atomic E-state index is -0.820. The molecule has 1 aromatic carbocycles. The SMILES string of the molecule is CCOC(=O)C(CC)Oc1ccc([N+](=O)[O-])c(NCC(=O)OC)c1. The molecular weight excluding hydrogens is 320 g/mol. The Morgan fingerprint density at radius 3 is 2.58 bits per heavy atom. The van der Waals surface area contributed by atoms with Gasteiger partial charge in [0.2, 0.25) is 0 Å². The molecule has 0 amide bonds. The lowest BCUT2D eigenvalue weighted by Crippen LogP contribution is -2.28. The van der Waals surface area contributed by atoms with Crippen LogP contribution in [0.1, 0.15) is 20.3 Å². The van der Waals surface area contributed by atoms with Crippen molar-refractivity contribution < 1.29 is 28.7 Å². The zero-order valence-electron chi connectivity index (χ0n) is 13.7. The third-order valence-electron chi connectivity index (χ3n) is 3.01. The molecule has 0 heterocycles. The highest BCUT2D eigenvalue weighted by Gasteiger charge is 2.22. The number of benzene rings is 1. The topological polar surface area (TPSA) is 117 Å². The van der Waals surface area contributed by atoms with Crippen LogP contribution in [-0.2, 0) is 19.1 Å². The van der Waals surface area contributed by atoms with E-state index >= 15 is 0 Å². The number of esters is 2. The van der Waals surface area contributed by atoms with E-state index in [2.05, 4.69) is 10.1 Å². The fourth-order valence-electron chi connectivity index (χ4n) is 1.83. The van der Waals surface area contributed by atoms with Gasteiger partial charge in [-0.05, 0) is 19.4 Å². The van der Waals surface area contributed by atoms with E-state index in [4.69, 9.17) is 9.47 Å². The summed E-state index contributed by atoms with van der Waals surface area (Å²) in [5.74, 6) is -0.844. The maximum Gasteiger partial charge on any atom is 0.347 e. The summed E-state index contributed by atoms with van der Waals surface area (Å²) in [5.41, 5.74) is -0.142. The van der Waals surface area contributed by atoms with Crippen molar-refractivity contribution in [1.29, 1.82) is 0 Å². The van der Waals surface area contributed by atoms with E-state index in [1.165, 1.54) is 25.3 Å². The van der Waals surface area contributed by atoms with Gasteiger partial charge < -0.3 is 19.5 Å². The molecule has 0 aromatic heterocycles. The average Bonchev–Trinajstić information content (AvgIpc) is 2.57. The molecule has 0 fully saturated rings. The summed E-state index contributed by atoms with van der Waals surface area (Å²) < 4.78 is 14.9. The van der Waals surface area contributed by atoms with Gasteiger partial charge in [-0.3, -0.25) is 14.9 Å². The summed E-state index contributed by atoms with van der Waals surface area (Å²) in [5, 5.41) is 13.7. The third-order valence-corrected chi connectivity index (χ3v) is 3.01. The number of hydrogen-bond acceptors (Lipinski definition) is 8. The number of methoxy groups -OCH3 is 1. The van der Waals surface area contributed by atoms with E-state index in [-0.39, 0.29) is 30.3 Å². The molecule has 0 radical (unpaired) electrons. The largest absolute Gasteiger partial charge is 0.479 e. The minimum Gasteiger partial charge on any atom is -0.479 e. The monoisotopic (exact) mass is 340 g/mol. The predicted octanol–water partition coefficient (Wildman–Crippen LogP) is 1.90. The first-order valence-electron chi connectivity index (χ1n) is 7.35. The second-order valence-corrected chi connectivity index (χ2v) is 4.63. The van der Waals surface area contributed by atoms with Gasteiger partial charge >= 0.3 is 11.9 Å². The number of carbonyl (C=O) groups is 2. The van der Waals surface area contributed by atoms with Gasteiger partial charge in [-0.2, -0.15) is 0 Å². The summed E-state index contributed by atoms with van der Waals surface area (Å²) >= 11 is 0. The standard InChI is InChI=1S/C15H20N2O7/c1-4-13(15(19)23-5-2)24-10-6-7-12(17(20)21)11(8-10)16-9-14(18)22-3/h6-8,13,16H,4-5,9H2,1-3H3. The fraction of sp³-hybridized carbons (Fsp3) is 0.467. The Kier molecular flexibility index (Phi) is 7.47. The highest BCUT2D eigenvalue weighted by Crippen LogP contribution is 2.29. The van der Waals surface area contributed by atoms with Gasteiger partial charge in [0, 0.05) is 12.1 Å². The van der Waals surface area contributed by atoms with E-state index in [1.807, 2.05) is 0 Å². The van der Waals surface area contributed by atoms with Gasteiger partial charge in [-0.1, -0.05) is 6.92 Å². The molecule has 1 N–H and O–H groups in total. The maximum atomic E-state index is 11.8. The predicted molar refractivity (Wildman–Crippen MR) is 84.9 cm³/mol. The lowest BCUT2D eigenvalue weighted by Gasteiger charge is -2.16. The molecule has 1 aromatic rings. The number of nitrogens with zero attached hydrogens (tertiary/aromatic N) is 1. The van der Waals surface area contributed by atoms with Gasteiger partial charge in [0.15, 0.2) is 6.10 Å². The van der Waals surface area contributed by atoms with Crippen LogP contribution in [0.2, 0.25) is 0 Å². The van der Waals surface area contributed by atoms with Crippen molar-refractivity contribution in [1.82, 2.24) is 0 Å². The number of nitro groups is 1. The lowest BCUT2D eigenvalue weighted by atomic mass is 10.2. The van der Waals surface area contributed by atoms with Crippen molar-refractivity contribution in [2.24, 2.45) is 0 Å². The van der Waals surface area contributed by atoms with Gasteiger partial charge in [0.05, 0.1) is 18.6 Å². The first-order chi connectivity index (χ1) is 11.4. The van der Waals surface area contributed by atoms with Crippen LogP contribution in [-0.4, -0.2) is 43.2 Å². The number of anilines is 1. The molecule has 132 valence electrons. The summed E-state index contributed by atoms with van der Waals surface area (Å²) in [4.78, 5) is 33.4. The number of hydrogen-bond donors (Lipinski definition) is 1. The van der Waals surface area contributed by atoms with Crippen molar-refractivity contribution in [2.75, 3.05) is 25.6 Å². The highest BCUT2D eigenvalue weighted by molar-refractivity contribution is 5.77. The summed E-state index contributed by atoms with van der Waals surface area (Å²) in [6, 6.07) is 3.96. The van der Waals surface area contributed by atoms with E-state index in [0.29, 0.717) is 6.42 Å². The van der Waals surface area contributed by atoms with Crippen LogP contribution in [0.25, 0.3) is 0 Å². The Morgan fingerprint density at radius 2 is 2.04 bits per heavy atom. The molecule has 1 unspecified atom stereocenters. The van der Waals surface area contributed by atoms with Crippen molar-refractivity contribution >= 4 is 23.3 Å². The molecule has 0 aliphatic heterocycles. The molecule has 9 heteroatoms. The minimum absolute atomic E-state index is 0.0848. The summed E-state index contributed by atoms with van der Waals surface area (Å²) in [6.07, 6.45) is -0.444. The van der Waals surface area contributed by atoms with Gasteiger partial charge in [-0.15, -0.1) is 0 Å². The Hall–Kier alpha value is -2.84. The number of carbonyl (C=O) groups excluding carboxylic acids is 2. The molecule has 0 saturated heterocycles. The normalized spacial score (nSPS) is 11.3. The first-order valence-corrected chi connectivity index (χ1v) is 7.35. The Labute approximate surface area is 139 Å². The van der Waals surface area contributed by atoms with E-state index in [1.54, 1.807) is 13.8 Å². The van der Waals surface area contributed by atoms with Crippen LogP contribution < -0.4 is 10.1 Å². The fourth-order valence-corrected chi connectivity index (χ4v) is 1.83. The van der Waals surface area contributed by atoms with E-state index in [9.17, 15) is 19.7 Å². The molecule has 24 heavy (non-hydrogen) atoms. The zero-order valence-corrected chi connectivity index (χ0v) is 13.7. The number of nitrogens with one attached hydrogen (secondary N) is 1. The van der Waals surface area contributed by atoms with Crippen molar-refractivity contribution in [2.45, 2.75) is 26.4 Å². The molecule has 1 rings (SSSR count). The van der Waals surface area contributed by atoms with Crippen molar-refractivity contribution in [3.8, 4) is 5.75 Å². The van der Waals surface area contributed by atoms with E-state index in [0.717, 1.165) is 0 Å². The Morgan fingerprint density at radius 1 is 1.33 bits per heavy atom. The maximum absolute atomic E-state index is 11.8. The molecule has 0 spiro atoms. The molecule has 1 atom stereocenters. The van der Waals surface area contributed by atoms with Crippen LogP contribution >= 0.6 is 0 Å². The first kappa shape index (κ1) is 19.2. The molecular formula is C15H20N2O7. The molecule has 0 saturated carbocycles. The average molecular weight is 340 g/mol. The summed E-state index contributed by atoms with van der Waals surface area (Å²) in [7, 11) is 1.21. The van der Waals surface area contributed by atoms with Crippen LogP contribution in [0.4, 0.5) is 11.4 Å². The quantitative estimate of drug-likeness (QED) is 0.411. The highest BCUT2D eigenvalue weighted by atomic mass is 16.6. The Balaban J connectivity index is 2.97. The van der Waals surface area contributed by atoms with Crippen LogP contribution in [0.3, 0.4) is 0 Å². The molecule has 0 aliphatic carbocycles. The summed E-state index contributed by atoms with van der Waals surface area (Å²) in [6.45, 7) is 3.43. The third kappa shape index (κ3) is 5.41. The second-order valence-electron chi connectivity index (χ2n) is 4.63. The van der Waals surface area contributed by atoms with Gasteiger partial charge in [0.1, 0.15) is 18.0 Å². The van der Waals surface area contributed by atoms with Crippen LogP contribution in [0.15, 0.2) is 18.2 Å². The lowest BCUT2D eigenvalue weighted by molar-refractivity contribution is -0.384.